The van der Waals surface area contributed by atoms with Crippen molar-refractivity contribution in [1.29, 1.82) is 0 Å². The van der Waals surface area contributed by atoms with E-state index in [9.17, 15) is 5.11 Å². The van der Waals surface area contributed by atoms with E-state index in [0.717, 1.165) is 0 Å². The lowest BCUT2D eigenvalue weighted by Crippen LogP contribution is -2.56. The molecule has 0 spiro atoms. The monoisotopic (exact) mass is 280 g/mol. The van der Waals surface area contributed by atoms with Gasteiger partial charge in [0.05, 0.1) is 45.2 Å². The summed E-state index contributed by atoms with van der Waals surface area (Å²) >= 11 is 0. The van der Waals surface area contributed by atoms with Crippen LogP contribution in [0.3, 0.4) is 0 Å². The zero-order valence-electron chi connectivity index (χ0n) is 11.4. The van der Waals surface area contributed by atoms with Gasteiger partial charge in [0, 0.05) is 13.0 Å². The van der Waals surface area contributed by atoms with Crippen LogP contribution in [0.2, 0.25) is 0 Å². The third-order valence-corrected chi connectivity index (χ3v) is 3.19. The van der Waals surface area contributed by atoms with Crippen LogP contribution in [0.5, 0.6) is 0 Å². The largest absolute Gasteiger partial charge is 0.394 e. The Kier molecular flexibility index (Phi) is 7.77. The van der Waals surface area contributed by atoms with Crippen molar-refractivity contribution in [3.05, 3.63) is 0 Å². The fraction of sp³-hybridized carbons (Fsp3) is 1.00. The summed E-state index contributed by atoms with van der Waals surface area (Å²) < 4.78 is 21.4. The zero-order chi connectivity index (χ0) is 14.3. The summed E-state index contributed by atoms with van der Waals surface area (Å²) in [6, 6.07) is 0. The van der Waals surface area contributed by atoms with Crippen molar-refractivity contribution in [3.8, 4) is 0 Å². The van der Waals surface area contributed by atoms with Gasteiger partial charge >= 0.3 is 0 Å². The summed E-state index contributed by atoms with van der Waals surface area (Å²) in [7, 11) is 1.47. The highest BCUT2D eigenvalue weighted by molar-refractivity contribution is 4.87. The van der Waals surface area contributed by atoms with E-state index in [2.05, 4.69) is 0 Å². The molecule has 5 unspecified atom stereocenters. The standard InChI is InChI=1S/C12H24O7/c1-8-9(7-17-5-3-13)19-12(16-2)11(10(8)15)18-6-4-14/h8-15H,3-7H2,1-2H3. The molecule has 0 aromatic carbocycles. The topological polar surface area (TPSA) is 97.6 Å². The number of hydrogen-bond acceptors (Lipinski definition) is 7. The average molecular weight is 280 g/mol. The molecule has 7 heteroatoms. The number of ether oxygens (including phenoxy) is 4. The second kappa shape index (κ2) is 8.80. The molecule has 1 aliphatic rings. The molecule has 7 nitrogen and oxygen atoms in total. The summed E-state index contributed by atoms with van der Waals surface area (Å²) in [5, 5.41) is 27.7. The van der Waals surface area contributed by atoms with Gasteiger partial charge in [-0.1, -0.05) is 6.92 Å². The van der Waals surface area contributed by atoms with Gasteiger partial charge in [-0.25, -0.2) is 0 Å². The van der Waals surface area contributed by atoms with Gasteiger partial charge in [0.1, 0.15) is 6.10 Å². The average Bonchev–Trinajstić information content (AvgIpc) is 2.42. The van der Waals surface area contributed by atoms with Crippen molar-refractivity contribution < 1.29 is 34.3 Å². The Balaban J connectivity index is 2.57. The molecule has 1 rings (SSSR count). The maximum absolute atomic E-state index is 10.2. The van der Waals surface area contributed by atoms with Crippen LogP contribution in [0.15, 0.2) is 0 Å². The van der Waals surface area contributed by atoms with Gasteiger partial charge in [0.25, 0.3) is 0 Å². The van der Waals surface area contributed by atoms with E-state index < -0.39 is 18.5 Å². The van der Waals surface area contributed by atoms with Crippen molar-refractivity contribution in [2.75, 3.05) is 40.1 Å². The van der Waals surface area contributed by atoms with E-state index in [4.69, 9.17) is 29.2 Å². The summed E-state index contributed by atoms with van der Waals surface area (Å²) in [4.78, 5) is 0. The van der Waals surface area contributed by atoms with E-state index in [1.54, 1.807) is 0 Å². The van der Waals surface area contributed by atoms with E-state index >= 15 is 0 Å². The molecule has 0 aromatic rings. The molecule has 19 heavy (non-hydrogen) atoms. The molecule has 0 amide bonds. The van der Waals surface area contributed by atoms with Crippen molar-refractivity contribution in [1.82, 2.24) is 0 Å². The Morgan fingerprint density at radius 1 is 1.16 bits per heavy atom. The second-order valence-corrected chi connectivity index (χ2v) is 4.49. The molecule has 0 saturated carbocycles. The Morgan fingerprint density at radius 3 is 2.42 bits per heavy atom. The summed E-state index contributed by atoms with van der Waals surface area (Å²) in [5.74, 6) is -0.200. The quantitative estimate of drug-likeness (QED) is 0.477. The van der Waals surface area contributed by atoms with Gasteiger partial charge < -0.3 is 34.3 Å². The van der Waals surface area contributed by atoms with E-state index in [1.807, 2.05) is 6.92 Å². The smallest absolute Gasteiger partial charge is 0.186 e. The second-order valence-electron chi connectivity index (χ2n) is 4.49. The first-order valence-electron chi connectivity index (χ1n) is 6.43. The lowest BCUT2D eigenvalue weighted by atomic mass is 9.91. The fourth-order valence-electron chi connectivity index (χ4n) is 2.06. The lowest BCUT2D eigenvalue weighted by Gasteiger charge is -2.42. The minimum absolute atomic E-state index is 0.0560. The zero-order valence-corrected chi connectivity index (χ0v) is 11.4. The molecular formula is C12H24O7. The fourth-order valence-corrected chi connectivity index (χ4v) is 2.06. The minimum atomic E-state index is -0.770. The van der Waals surface area contributed by atoms with Crippen LogP contribution in [0, 0.1) is 5.92 Å². The van der Waals surface area contributed by atoms with Crippen LogP contribution in [0.25, 0.3) is 0 Å². The summed E-state index contributed by atoms with van der Waals surface area (Å²) in [6.07, 6.45) is -2.45. The number of hydrogen-bond donors (Lipinski definition) is 3. The van der Waals surface area contributed by atoms with Crippen LogP contribution in [0.4, 0.5) is 0 Å². The number of aliphatic hydroxyl groups excluding tert-OH is 3. The molecule has 0 aromatic heterocycles. The maximum atomic E-state index is 10.2. The summed E-state index contributed by atoms with van der Waals surface area (Å²) in [6.45, 7) is 2.26. The first kappa shape index (κ1) is 16.8. The highest BCUT2D eigenvalue weighted by atomic mass is 16.7. The Hall–Kier alpha value is -0.280. The molecule has 114 valence electrons. The number of rotatable bonds is 8. The highest BCUT2D eigenvalue weighted by Crippen LogP contribution is 2.28. The van der Waals surface area contributed by atoms with E-state index in [1.165, 1.54) is 7.11 Å². The number of methoxy groups -OCH3 is 1. The van der Waals surface area contributed by atoms with Crippen LogP contribution >= 0.6 is 0 Å². The molecule has 0 radical (unpaired) electrons. The van der Waals surface area contributed by atoms with Gasteiger partial charge in [-0.05, 0) is 0 Å². The van der Waals surface area contributed by atoms with E-state index in [0.29, 0.717) is 0 Å². The number of aliphatic hydroxyl groups is 3. The highest BCUT2D eigenvalue weighted by Gasteiger charge is 2.43. The van der Waals surface area contributed by atoms with Crippen molar-refractivity contribution >= 4 is 0 Å². The SMILES string of the molecule is COC1OC(COCCO)C(C)C(O)C1OCCO. The van der Waals surface area contributed by atoms with Crippen LogP contribution in [-0.4, -0.2) is 80.1 Å². The van der Waals surface area contributed by atoms with Gasteiger partial charge in [-0.15, -0.1) is 0 Å². The normalized spacial score (nSPS) is 35.5. The first-order valence-corrected chi connectivity index (χ1v) is 6.43. The minimum Gasteiger partial charge on any atom is -0.394 e. The third-order valence-electron chi connectivity index (χ3n) is 3.19. The van der Waals surface area contributed by atoms with Crippen LogP contribution in [0.1, 0.15) is 6.92 Å². The van der Waals surface area contributed by atoms with Crippen LogP contribution < -0.4 is 0 Å². The molecule has 0 aliphatic carbocycles. The van der Waals surface area contributed by atoms with Gasteiger partial charge in [-0.2, -0.15) is 0 Å². The molecular weight excluding hydrogens is 256 g/mol. The van der Waals surface area contributed by atoms with Gasteiger partial charge in [0.2, 0.25) is 0 Å². The molecule has 1 fully saturated rings. The van der Waals surface area contributed by atoms with E-state index in [-0.39, 0.29) is 45.1 Å². The maximum Gasteiger partial charge on any atom is 0.186 e. The Labute approximate surface area is 113 Å². The molecule has 0 bridgehead atoms. The molecule has 5 atom stereocenters. The lowest BCUT2D eigenvalue weighted by molar-refractivity contribution is -0.293. The van der Waals surface area contributed by atoms with Crippen LogP contribution in [-0.2, 0) is 18.9 Å². The predicted octanol–water partition coefficient (Wildman–Crippen LogP) is -1.26. The van der Waals surface area contributed by atoms with Crippen molar-refractivity contribution in [2.24, 2.45) is 5.92 Å². The third kappa shape index (κ3) is 4.64. The molecule has 3 N–H and O–H groups in total. The first-order chi connectivity index (χ1) is 9.15. The molecule has 1 saturated heterocycles. The predicted molar refractivity (Wildman–Crippen MR) is 65.6 cm³/mol. The van der Waals surface area contributed by atoms with Crippen molar-refractivity contribution in [3.63, 3.8) is 0 Å². The van der Waals surface area contributed by atoms with Gasteiger partial charge in [-0.3, -0.25) is 0 Å². The van der Waals surface area contributed by atoms with Gasteiger partial charge in [0.15, 0.2) is 6.29 Å². The Bertz CT molecular complexity index is 234. The van der Waals surface area contributed by atoms with Crippen molar-refractivity contribution in [2.45, 2.75) is 31.5 Å². The summed E-state index contributed by atoms with van der Waals surface area (Å²) in [5.41, 5.74) is 0. The molecule has 1 heterocycles. The Morgan fingerprint density at radius 2 is 1.84 bits per heavy atom. The molecule has 1 aliphatic heterocycles.